The number of hydrogen-bond acceptors (Lipinski definition) is 4. The van der Waals surface area contributed by atoms with E-state index in [4.69, 9.17) is 9.31 Å². The van der Waals surface area contributed by atoms with E-state index in [0.29, 0.717) is 5.59 Å². The summed E-state index contributed by atoms with van der Waals surface area (Å²) in [5.74, 6) is 0. The predicted molar refractivity (Wildman–Crippen MR) is 69.6 cm³/mol. The molecule has 18 heavy (non-hydrogen) atoms. The lowest BCUT2D eigenvalue weighted by Crippen LogP contribution is -2.41. The van der Waals surface area contributed by atoms with E-state index in [-0.39, 0.29) is 11.2 Å². The summed E-state index contributed by atoms with van der Waals surface area (Å²) in [5, 5.41) is 0. The molecular weight excluding hydrogens is 229 g/mol. The van der Waals surface area contributed by atoms with Crippen molar-refractivity contribution in [2.75, 3.05) is 0 Å². The Morgan fingerprint density at radius 1 is 1.17 bits per heavy atom. The van der Waals surface area contributed by atoms with Crippen LogP contribution in [0.15, 0.2) is 18.5 Å². The smallest absolute Gasteiger partial charge is 0.398 e. The Balaban J connectivity index is 1.96. The molecule has 3 heterocycles. The van der Waals surface area contributed by atoms with E-state index < -0.39 is 7.12 Å². The first-order valence-corrected chi connectivity index (χ1v) is 6.05. The van der Waals surface area contributed by atoms with Crippen molar-refractivity contribution in [3.05, 3.63) is 18.5 Å². The van der Waals surface area contributed by atoms with Crippen molar-refractivity contribution in [1.29, 1.82) is 0 Å². The first kappa shape index (κ1) is 11.7. The van der Waals surface area contributed by atoms with Gasteiger partial charge in [-0.3, -0.25) is 4.98 Å². The van der Waals surface area contributed by atoms with Crippen LogP contribution in [0, 0.1) is 0 Å². The summed E-state index contributed by atoms with van der Waals surface area (Å²) in [4.78, 5) is 11.8. The van der Waals surface area contributed by atoms with Gasteiger partial charge in [-0.15, -0.1) is 0 Å². The number of rotatable bonds is 1. The summed E-state index contributed by atoms with van der Waals surface area (Å²) in [6.07, 6.45) is 3.52. The van der Waals surface area contributed by atoms with Gasteiger partial charge < -0.3 is 14.3 Å². The summed E-state index contributed by atoms with van der Waals surface area (Å²) in [6, 6.07) is 1.89. The van der Waals surface area contributed by atoms with E-state index in [1.807, 2.05) is 40.0 Å². The second-order valence-corrected chi connectivity index (χ2v) is 5.59. The number of aromatic nitrogens is 3. The number of aromatic amines is 1. The zero-order chi connectivity index (χ0) is 13.0. The van der Waals surface area contributed by atoms with Gasteiger partial charge in [0.05, 0.1) is 16.8 Å². The molecule has 0 atom stereocenters. The maximum atomic E-state index is 5.94. The molecule has 1 aliphatic rings. The quantitative estimate of drug-likeness (QED) is 0.768. The van der Waals surface area contributed by atoms with Crippen molar-refractivity contribution in [3.63, 3.8) is 0 Å². The number of nitrogens with one attached hydrogen (secondary N) is 1. The molecule has 0 amide bonds. The zero-order valence-corrected chi connectivity index (χ0v) is 11.0. The van der Waals surface area contributed by atoms with Crippen LogP contribution in [-0.2, 0) is 9.31 Å². The van der Waals surface area contributed by atoms with Crippen LogP contribution in [0.25, 0.3) is 11.2 Å². The fraction of sp³-hybridized carbons (Fsp3) is 0.500. The van der Waals surface area contributed by atoms with Gasteiger partial charge in [0.15, 0.2) is 5.65 Å². The minimum atomic E-state index is -0.463. The number of hydrogen-bond donors (Lipinski definition) is 1. The van der Waals surface area contributed by atoms with Gasteiger partial charge in [0.25, 0.3) is 0 Å². The first-order chi connectivity index (χ1) is 8.39. The van der Waals surface area contributed by atoms with Gasteiger partial charge in [-0.1, -0.05) is 0 Å². The van der Waals surface area contributed by atoms with Crippen molar-refractivity contribution in [3.8, 4) is 0 Å². The lowest BCUT2D eigenvalue weighted by Gasteiger charge is -2.32. The highest BCUT2D eigenvalue weighted by Crippen LogP contribution is 2.36. The lowest BCUT2D eigenvalue weighted by atomic mass is 9.85. The standard InChI is InChI=1S/C12H16BN3O2/c1-11(2)12(3,4)18-13(17-11)9-7-15-8-5-6-14-10(8)16-9/h5-7H,1-4H3,(H,14,16). The van der Waals surface area contributed by atoms with E-state index in [0.717, 1.165) is 11.2 Å². The van der Waals surface area contributed by atoms with Crippen LogP contribution in [-0.4, -0.2) is 33.3 Å². The van der Waals surface area contributed by atoms with Gasteiger partial charge in [0.1, 0.15) is 5.52 Å². The SMILES string of the molecule is CC1(C)OB(c2cnc3cc[nH]c3n2)OC1(C)C. The monoisotopic (exact) mass is 245 g/mol. The van der Waals surface area contributed by atoms with Gasteiger partial charge >= 0.3 is 7.12 Å². The van der Waals surface area contributed by atoms with Crippen molar-refractivity contribution >= 4 is 23.9 Å². The second kappa shape index (κ2) is 3.55. The fourth-order valence-electron chi connectivity index (χ4n) is 1.92. The summed E-state index contributed by atoms with van der Waals surface area (Å²) in [5.41, 5.74) is 1.58. The van der Waals surface area contributed by atoms with E-state index in [9.17, 15) is 0 Å². The summed E-state index contributed by atoms with van der Waals surface area (Å²) >= 11 is 0. The molecule has 1 fully saturated rings. The highest BCUT2D eigenvalue weighted by molar-refractivity contribution is 6.61. The molecule has 2 aromatic heterocycles. The molecule has 0 aromatic carbocycles. The van der Waals surface area contributed by atoms with Crippen LogP contribution in [0.3, 0.4) is 0 Å². The Labute approximate surface area is 106 Å². The molecule has 0 saturated carbocycles. The molecular formula is C12H16BN3O2. The molecule has 1 saturated heterocycles. The van der Waals surface area contributed by atoms with Gasteiger partial charge in [-0.25, -0.2) is 4.98 Å². The summed E-state index contributed by atoms with van der Waals surface area (Å²) < 4.78 is 11.9. The van der Waals surface area contributed by atoms with Crippen molar-refractivity contribution in [2.45, 2.75) is 38.9 Å². The molecule has 3 rings (SSSR count). The number of nitrogens with zero attached hydrogens (tertiary/aromatic N) is 2. The van der Waals surface area contributed by atoms with Crippen LogP contribution >= 0.6 is 0 Å². The van der Waals surface area contributed by atoms with E-state index in [1.54, 1.807) is 6.20 Å². The van der Waals surface area contributed by atoms with Crippen LogP contribution in [0.4, 0.5) is 0 Å². The lowest BCUT2D eigenvalue weighted by molar-refractivity contribution is 0.00578. The molecule has 94 valence electrons. The third kappa shape index (κ3) is 1.64. The van der Waals surface area contributed by atoms with Crippen molar-refractivity contribution in [2.24, 2.45) is 0 Å². The average molecular weight is 245 g/mol. The zero-order valence-electron chi connectivity index (χ0n) is 11.0. The Morgan fingerprint density at radius 3 is 2.50 bits per heavy atom. The molecule has 0 unspecified atom stereocenters. The molecule has 0 spiro atoms. The third-order valence-electron chi connectivity index (χ3n) is 3.78. The maximum absolute atomic E-state index is 5.94. The van der Waals surface area contributed by atoms with Crippen LogP contribution in [0.1, 0.15) is 27.7 Å². The predicted octanol–water partition coefficient (Wildman–Crippen LogP) is 1.26. The molecule has 1 N–H and O–H groups in total. The van der Waals surface area contributed by atoms with Gasteiger partial charge in [0.2, 0.25) is 0 Å². The molecule has 0 aliphatic carbocycles. The first-order valence-electron chi connectivity index (χ1n) is 6.05. The minimum absolute atomic E-state index is 0.357. The van der Waals surface area contributed by atoms with Crippen molar-refractivity contribution < 1.29 is 9.31 Å². The maximum Gasteiger partial charge on any atom is 0.516 e. The summed E-state index contributed by atoms with van der Waals surface area (Å²) in [7, 11) is -0.463. The topological polar surface area (TPSA) is 60.0 Å². The number of H-pyrrole nitrogens is 1. The second-order valence-electron chi connectivity index (χ2n) is 5.59. The molecule has 2 aromatic rings. The van der Waals surface area contributed by atoms with E-state index in [2.05, 4.69) is 15.0 Å². The van der Waals surface area contributed by atoms with Gasteiger partial charge in [-0.05, 0) is 33.8 Å². The van der Waals surface area contributed by atoms with E-state index >= 15 is 0 Å². The normalized spacial score (nSPS) is 21.7. The Hall–Kier alpha value is -1.40. The Kier molecular flexibility index (Phi) is 2.31. The highest BCUT2D eigenvalue weighted by Gasteiger charge is 2.52. The van der Waals surface area contributed by atoms with Gasteiger partial charge in [-0.2, -0.15) is 0 Å². The van der Waals surface area contributed by atoms with E-state index in [1.165, 1.54) is 0 Å². The molecule has 6 heteroatoms. The van der Waals surface area contributed by atoms with Crippen molar-refractivity contribution in [1.82, 2.24) is 15.0 Å². The number of fused-ring (bicyclic) bond motifs is 1. The highest BCUT2D eigenvalue weighted by atomic mass is 16.7. The van der Waals surface area contributed by atoms with Gasteiger partial charge in [0, 0.05) is 12.4 Å². The molecule has 0 radical (unpaired) electrons. The largest absolute Gasteiger partial charge is 0.516 e. The minimum Gasteiger partial charge on any atom is -0.398 e. The van der Waals surface area contributed by atoms with Crippen LogP contribution in [0.2, 0.25) is 0 Å². The van der Waals surface area contributed by atoms with Crippen LogP contribution in [0.5, 0.6) is 0 Å². The average Bonchev–Trinajstić information content (AvgIpc) is 2.80. The molecule has 1 aliphatic heterocycles. The Bertz CT molecular complexity index is 578. The Morgan fingerprint density at radius 2 is 1.83 bits per heavy atom. The third-order valence-corrected chi connectivity index (χ3v) is 3.78. The van der Waals surface area contributed by atoms with Crippen LogP contribution < -0.4 is 5.59 Å². The molecule has 0 bridgehead atoms. The molecule has 5 nitrogen and oxygen atoms in total. The fourth-order valence-corrected chi connectivity index (χ4v) is 1.92. The summed E-state index contributed by atoms with van der Waals surface area (Å²) in [6.45, 7) is 8.09.